The van der Waals surface area contributed by atoms with Gasteiger partial charge in [0, 0.05) is 49.5 Å². The molecule has 7 nitrogen and oxygen atoms in total. The smallest absolute Gasteiger partial charge is 0.192 e. The van der Waals surface area contributed by atoms with Gasteiger partial charge in [-0.1, -0.05) is 18.2 Å². The van der Waals surface area contributed by atoms with Gasteiger partial charge in [-0.2, -0.15) is 5.26 Å². The number of nitriles is 1. The van der Waals surface area contributed by atoms with Gasteiger partial charge in [0.1, 0.15) is 17.7 Å². The molecule has 180 valence electrons. The second kappa shape index (κ2) is 9.90. The van der Waals surface area contributed by atoms with Crippen molar-refractivity contribution < 1.29 is 9.13 Å². The lowest BCUT2D eigenvalue weighted by Crippen LogP contribution is -2.40. The summed E-state index contributed by atoms with van der Waals surface area (Å²) in [6, 6.07) is 15.9. The van der Waals surface area contributed by atoms with E-state index in [4.69, 9.17) is 15.7 Å². The maximum Gasteiger partial charge on any atom is 0.192 e. The number of H-pyrrole nitrogens is 1. The Kier molecular flexibility index (Phi) is 6.53. The zero-order valence-electron chi connectivity index (χ0n) is 19.5. The largest absolute Gasteiger partial charge is 0.378 e. The molecule has 1 aromatic heterocycles. The molecule has 0 saturated carbocycles. The molecule has 0 aliphatic carbocycles. The number of hydrogen-bond donors (Lipinski definition) is 2. The highest BCUT2D eigenvalue weighted by Crippen LogP contribution is 2.32. The zero-order valence-corrected chi connectivity index (χ0v) is 19.5. The summed E-state index contributed by atoms with van der Waals surface area (Å²) in [5.74, 6) is 0.0733. The van der Waals surface area contributed by atoms with Crippen LogP contribution in [0.5, 0.6) is 0 Å². The first kappa shape index (κ1) is 23.1. The SMILES string of the molecule is N#Cc1ccc(-c2[nH]c(N3CCC(N)CC3)cc(=O)c2-c2ccc(N3CCOCC3)cc2)cc1F. The molecule has 8 heteroatoms. The van der Waals surface area contributed by atoms with Crippen LogP contribution in [0.2, 0.25) is 0 Å². The van der Waals surface area contributed by atoms with Crippen LogP contribution in [0, 0.1) is 17.1 Å². The van der Waals surface area contributed by atoms with Crippen molar-refractivity contribution in [3.8, 4) is 28.5 Å². The van der Waals surface area contributed by atoms with Crippen LogP contribution >= 0.6 is 0 Å². The average molecular weight is 474 g/mol. The lowest BCUT2D eigenvalue weighted by atomic mass is 9.97. The van der Waals surface area contributed by atoms with E-state index in [0.29, 0.717) is 35.9 Å². The number of morpholine rings is 1. The fraction of sp³-hybridized carbons (Fsp3) is 0.333. The molecular formula is C27H28FN5O2. The highest BCUT2D eigenvalue weighted by Gasteiger charge is 2.21. The highest BCUT2D eigenvalue weighted by atomic mass is 19.1. The first-order chi connectivity index (χ1) is 17.0. The minimum Gasteiger partial charge on any atom is -0.378 e. The summed E-state index contributed by atoms with van der Waals surface area (Å²) in [6.45, 7) is 4.52. The summed E-state index contributed by atoms with van der Waals surface area (Å²) in [5, 5.41) is 9.15. The quantitative estimate of drug-likeness (QED) is 0.602. The third-order valence-electron chi connectivity index (χ3n) is 6.81. The molecule has 0 bridgehead atoms. The Labute approximate surface area is 203 Å². The number of pyridine rings is 1. The molecule has 0 spiro atoms. The number of piperidine rings is 1. The van der Waals surface area contributed by atoms with Gasteiger partial charge in [-0.25, -0.2) is 4.39 Å². The van der Waals surface area contributed by atoms with E-state index in [1.54, 1.807) is 12.1 Å². The third kappa shape index (κ3) is 4.78. The monoisotopic (exact) mass is 473 g/mol. The van der Waals surface area contributed by atoms with E-state index in [1.807, 2.05) is 30.3 Å². The van der Waals surface area contributed by atoms with Crippen LogP contribution < -0.4 is 21.0 Å². The summed E-state index contributed by atoms with van der Waals surface area (Å²) < 4.78 is 20.0. The van der Waals surface area contributed by atoms with Crippen LogP contribution in [-0.4, -0.2) is 50.4 Å². The lowest BCUT2D eigenvalue weighted by Gasteiger charge is -2.32. The Morgan fingerprint density at radius 1 is 0.971 bits per heavy atom. The van der Waals surface area contributed by atoms with Crippen molar-refractivity contribution in [1.82, 2.24) is 4.98 Å². The minimum absolute atomic E-state index is 0.0336. The number of anilines is 2. The lowest BCUT2D eigenvalue weighted by molar-refractivity contribution is 0.122. The summed E-state index contributed by atoms with van der Waals surface area (Å²) in [7, 11) is 0. The Bertz CT molecular complexity index is 1300. The molecule has 2 fully saturated rings. The number of aromatic amines is 1. The van der Waals surface area contributed by atoms with E-state index >= 15 is 0 Å². The number of ether oxygens (including phenoxy) is 1. The number of nitrogens with one attached hydrogen (secondary N) is 1. The van der Waals surface area contributed by atoms with E-state index < -0.39 is 5.82 Å². The second-order valence-electron chi connectivity index (χ2n) is 9.05. The van der Waals surface area contributed by atoms with Gasteiger partial charge in [-0.05, 0) is 42.7 Å². The summed E-state index contributed by atoms with van der Waals surface area (Å²) >= 11 is 0. The average Bonchev–Trinajstić information content (AvgIpc) is 2.89. The molecule has 0 unspecified atom stereocenters. The maximum atomic E-state index is 14.6. The topological polar surface area (TPSA) is 98.4 Å². The fourth-order valence-electron chi connectivity index (χ4n) is 4.78. The Morgan fingerprint density at radius 2 is 1.66 bits per heavy atom. The standard InChI is InChI=1S/C27H28FN5O2/c28-23-15-19(1-2-20(23)17-29)27-26(18-3-5-22(6-4-18)32-11-13-35-14-12-32)24(34)16-25(31-27)33-9-7-21(30)8-10-33/h1-6,15-16,21H,7-14,30H2,(H,31,34). The summed E-state index contributed by atoms with van der Waals surface area (Å²) in [4.78, 5) is 21.3. The maximum absolute atomic E-state index is 14.6. The van der Waals surface area contributed by atoms with E-state index in [2.05, 4.69) is 14.8 Å². The number of halogens is 1. The van der Waals surface area contributed by atoms with Gasteiger partial charge in [0.25, 0.3) is 0 Å². The van der Waals surface area contributed by atoms with Crippen LogP contribution in [0.1, 0.15) is 18.4 Å². The molecule has 0 radical (unpaired) electrons. The molecule has 0 atom stereocenters. The van der Waals surface area contributed by atoms with Crippen molar-refractivity contribution in [1.29, 1.82) is 5.26 Å². The summed E-state index contributed by atoms with van der Waals surface area (Å²) in [5.41, 5.74) is 9.22. The van der Waals surface area contributed by atoms with E-state index in [9.17, 15) is 9.18 Å². The molecule has 5 rings (SSSR count). The van der Waals surface area contributed by atoms with Gasteiger partial charge in [0.2, 0.25) is 0 Å². The molecule has 3 heterocycles. The molecule has 2 aliphatic rings. The van der Waals surface area contributed by atoms with Crippen LogP contribution in [0.4, 0.5) is 15.9 Å². The fourth-order valence-corrected chi connectivity index (χ4v) is 4.78. The van der Waals surface area contributed by atoms with Crippen molar-refractivity contribution in [2.75, 3.05) is 49.2 Å². The minimum atomic E-state index is -0.617. The number of aromatic nitrogens is 1. The van der Waals surface area contributed by atoms with Crippen LogP contribution in [-0.2, 0) is 4.74 Å². The van der Waals surface area contributed by atoms with Gasteiger partial charge in [0.05, 0.1) is 30.0 Å². The van der Waals surface area contributed by atoms with Gasteiger partial charge >= 0.3 is 0 Å². The molecule has 2 saturated heterocycles. The predicted molar refractivity (Wildman–Crippen MR) is 135 cm³/mol. The van der Waals surface area contributed by atoms with Gasteiger partial charge in [0.15, 0.2) is 5.43 Å². The number of nitrogens with two attached hydrogens (primary N) is 1. The van der Waals surface area contributed by atoms with Crippen molar-refractivity contribution in [3.63, 3.8) is 0 Å². The second-order valence-corrected chi connectivity index (χ2v) is 9.05. The highest BCUT2D eigenvalue weighted by molar-refractivity contribution is 5.82. The van der Waals surface area contributed by atoms with Crippen molar-refractivity contribution in [3.05, 3.63) is 70.1 Å². The van der Waals surface area contributed by atoms with E-state index in [-0.39, 0.29) is 17.0 Å². The normalized spacial score (nSPS) is 16.8. The molecule has 0 amide bonds. The van der Waals surface area contributed by atoms with Crippen LogP contribution in [0.15, 0.2) is 53.3 Å². The molecule has 35 heavy (non-hydrogen) atoms. The molecular weight excluding hydrogens is 445 g/mol. The molecule has 2 aliphatic heterocycles. The van der Waals surface area contributed by atoms with Crippen molar-refractivity contribution in [2.45, 2.75) is 18.9 Å². The van der Waals surface area contributed by atoms with E-state index in [1.165, 1.54) is 12.1 Å². The van der Waals surface area contributed by atoms with Crippen molar-refractivity contribution >= 4 is 11.5 Å². The van der Waals surface area contributed by atoms with Gasteiger partial charge < -0.3 is 25.3 Å². The Hall–Kier alpha value is -3.67. The number of hydrogen-bond acceptors (Lipinski definition) is 6. The van der Waals surface area contributed by atoms with Crippen LogP contribution in [0.3, 0.4) is 0 Å². The third-order valence-corrected chi connectivity index (χ3v) is 6.81. The van der Waals surface area contributed by atoms with Gasteiger partial charge in [-0.3, -0.25) is 4.79 Å². The Balaban J connectivity index is 1.59. The first-order valence-electron chi connectivity index (χ1n) is 11.9. The molecule has 2 aromatic carbocycles. The van der Waals surface area contributed by atoms with E-state index in [0.717, 1.165) is 50.3 Å². The number of nitrogens with zero attached hydrogens (tertiary/aromatic N) is 3. The number of rotatable bonds is 4. The Morgan fingerprint density at radius 3 is 2.31 bits per heavy atom. The zero-order chi connectivity index (χ0) is 24.4. The molecule has 3 N–H and O–H groups in total. The number of benzene rings is 2. The predicted octanol–water partition coefficient (Wildman–Crippen LogP) is 3.48. The molecule has 3 aromatic rings. The van der Waals surface area contributed by atoms with Gasteiger partial charge in [-0.15, -0.1) is 0 Å². The first-order valence-corrected chi connectivity index (χ1v) is 11.9. The van der Waals surface area contributed by atoms with Crippen molar-refractivity contribution in [2.24, 2.45) is 5.73 Å². The summed E-state index contributed by atoms with van der Waals surface area (Å²) in [6.07, 6.45) is 1.68. The van der Waals surface area contributed by atoms with Crippen LogP contribution in [0.25, 0.3) is 22.4 Å².